The molecule has 0 aliphatic carbocycles. The van der Waals surface area contributed by atoms with Gasteiger partial charge in [-0.1, -0.05) is 30.4 Å². The third-order valence-electron chi connectivity index (χ3n) is 5.43. The number of hydrogen-bond acceptors (Lipinski definition) is 2. The lowest BCUT2D eigenvalue weighted by molar-refractivity contribution is 0.221. The number of para-hydroxylation sites is 1. The number of aromatic amines is 1. The Balaban J connectivity index is 1.54. The number of H-pyrrole nitrogens is 1. The van der Waals surface area contributed by atoms with E-state index in [0.717, 1.165) is 57.9 Å². The van der Waals surface area contributed by atoms with E-state index in [0.29, 0.717) is 6.04 Å². The minimum atomic E-state index is 0.495. The van der Waals surface area contributed by atoms with Gasteiger partial charge in [-0.2, -0.15) is 0 Å². The van der Waals surface area contributed by atoms with E-state index in [1.807, 2.05) is 0 Å². The first-order valence-electron chi connectivity index (χ1n) is 10.5. The molecule has 3 rings (SSSR count). The summed E-state index contributed by atoms with van der Waals surface area (Å²) in [7, 11) is 0. The van der Waals surface area contributed by atoms with Crippen LogP contribution in [0.25, 0.3) is 10.9 Å². The molecular formula is C23H35N5. The summed E-state index contributed by atoms with van der Waals surface area (Å²) in [5.41, 5.74) is 5.12. The summed E-state index contributed by atoms with van der Waals surface area (Å²) in [6.45, 7) is 15.3. The fourth-order valence-electron chi connectivity index (χ4n) is 3.99. The van der Waals surface area contributed by atoms with Crippen LogP contribution < -0.4 is 10.6 Å². The lowest BCUT2D eigenvalue weighted by Gasteiger charge is -2.33. The highest BCUT2D eigenvalue weighted by molar-refractivity contribution is 5.86. The number of nitrogens with one attached hydrogen (secondary N) is 3. The summed E-state index contributed by atoms with van der Waals surface area (Å²) in [5.74, 6) is 0.942. The number of guanidine groups is 1. The zero-order valence-corrected chi connectivity index (χ0v) is 17.6. The van der Waals surface area contributed by atoms with Crippen molar-refractivity contribution in [1.82, 2.24) is 20.5 Å². The molecule has 0 atom stereocenters. The summed E-state index contributed by atoms with van der Waals surface area (Å²) in [6.07, 6.45) is 5.38. The van der Waals surface area contributed by atoms with Gasteiger partial charge in [0.2, 0.25) is 0 Å². The Morgan fingerprint density at radius 2 is 2.11 bits per heavy atom. The van der Waals surface area contributed by atoms with Gasteiger partial charge in [-0.25, -0.2) is 0 Å². The van der Waals surface area contributed by atoms with E-state index in [2.05, 4.69) is 72.3 Å². The van der Waals surface area contributed by atoms with Crippen molar-refractivity contribution in [3.63, 3.8) is 0 Å². The minimum Gasteiger partial charge on any atom is -0.361 e. The van der Waals surface area contributed by atoms with Gasteiger partial charge in [0.1, 0.15) is 0 Å². The first kappa shape index (κ1) is 20.5. The smallest absolute Gasteiger partial charge is 0.191 e. The second kappa shape index (κ2) is 9.78. The number of rotatable bonds is 7. The number of aliphatic imine (C=N–C) groups is 1. The summed E-state index contributed by atoms with van der Waals surface area (Å²) < 4.78 is 0. The lowest BCUT2D eigenvalue weighted by Crippen LogP contribution is -2.48. The van der Waals surface area contributed by atoms with Crippen LogP contribution in [0, 0.1) is 6.92 Å². The van der Waals surface area contributed by atoms with Gasteiger partial charge < -0.3 is 15.6 Å². The highest BCUT2D eigenvalue weighted by Gasteiger charge is 2.19. The van der Waals surface area contributed by atoms with Crippen molar-refractivity contribution < 1.29 is 0 Å². The molecule has 1 aromatic heterocycles. The Hall–Kier alpha value is -2.27. The van der Waals surface area contributed by atoms with E-state index in [9.17, 15) is 0 Å². The molecule has 2 heterocycles. The standard InChI is InChI=1S/C23H35N5/c1-5-24-23(27-20-10-13-28(14-11-20)16-17(2)3)25-12-9-19-15-26-22-18(4)7-6-8-21(19)22/h6-8,15,20,26H,2,5,9-14,16H2,1,3-4H3,(H2,24,25,27). The molecule has 5 heteroatoms. The molecule has 1 aromatic carbocycles. The average Bonchev–Trinajstić information content (AvgIpc) is 3.08. The van der Waals surface area contributed by atoms with Crippen molar-refractivity contribution in [1.29, 1.82) is 0 Å². The first-order chi connectivity index (χ1) is 13.6. The Bertz CT molecular complexity index is 812. The Morgan fingerprint density at radius 1 is 1.32 bits per heavy atom. The lowest BCUT2D eigenvalue weighted by atomic mass is 10.0. The molecule has 1 saturated heterocycles. The molecule has 1 aliphatic heterocycles. The molecule has 1 fully saturated rings. The second-order valence-electron chi connectivity index (χ2n) is 7.97. The van der Waals surface area contributed by atoms with Crippen LogP contribution in [-0.2, 0) is 6.42 Å². The quantitative estimate of drug-likeness (QED) is 0.390. The number of likely N-dealkylation sites (tertiary alicyclic amines) is 1. The number of hydrogen-bond donors (Lipinski definition) is 3. The van der Waals surface area contributed by atoms with Crippen LogP contribution in [0.1, 0.15) is 37.8 Å². The van der Waals surface area contributed by atoms with Gasteiger partial charge >= 0.3 is 0 Å². The first-order valence-corrected chi connectivity index (χ1v) is 10.5. The fraction of sp³-hybridized carbons (Fsp3) is 0.522. The van der Waals surface area contributed by atoms with Crippen LogP contribution in [0.3, 0.4) is 0 Å². The number of aromatic nitrogens is 1. The molecule has 0 bridgehead atoms. The molecule has 2 aromatic rings. The zero-order valence-electron chi connectivity index (χ0n) is 17.6. The summed E-state index contributed by atoms with van der Waals surface area (Å²) in [5, 5.41) is 8.36. The van der Waals surface area contributed by atoms with Gasteiger partial charge in [0.15, 0.2) is 5.96 Å². The Labute approximate surface area is 169 Å². The molecule has 0 saturated carbocycles. The molecule has 0 radical (unpaired) electrons. The third kappa shape index (κ3) is 5.38. The van der Waals surface area contributed by atoms with Crippen molar-refractivity contribution in [2.45, 2.75) is 46.1 Å². The zero-order chi connectivity index (χ0) is 19.9. The van der Waals surface area contributed by atoms with E-state index in [1.165, 1.54) is 27.6 Å². The molecule has 28 heavy (non-hydrogen) atoms. The van der Waals surface area contributed by atoms with Crippen molar-refractivity contribution in [3.8, 4) is 0 Å². The van der Waals surface area contributed by atoms with Gasteiger partial charge in [-0.05, 0) is 51.2 Å². The van der Waals surface area contributed by atoms with E-state index in [4.69, 9.17) is 4.99 Å². The van der Waals surface area contributed by atoms with Crippen LogP contribution in [0.4, 0.5) is 0 Å². The summed E-state index contributed by atoms with van der Waals surface area (Å²) in [6, 6.07) is 6.97. The maximum absolute atomic E-state index is 4.83. The van der Waals surface area contributed by atoms with Gasteiger partial charge in [-0.3, -0.25) is 9.89 Å². The average molecular weight is 382 g/mol. The predicted octanol–water partition coefficient (Wildman–Crippen LogP) is 3.61. The monoisotopic (exact) mass is 381 g/mol. The SMILES string of the molecule is C=C(C)CN1CCC(NC(=NCCc2c[nH]c3c(C)cccc23)NCC)CC1. The van der Waals surface area contributed by atoms with E-state index >= 15 is 0 Å². The normalized spacial score (nSPS) is 16.5. The van der Waals surface area contributed by atoms with Gasteiger partial charge in [0.05, 0.1) is 0 Å². The topological polar surface area (TPSA) is 55.5 Å². The van der Waals surface area contributed by atoms with Crippen LogP contribution in [0.5, 0.6) is 0 Å². The van der Waals surface area contributed by atoms with E-state index < -0.39 is 0 Å². The molecule has 0 unspecified atom stereocenters. The van der Waals surface area contributed by atoms with E-state index in [1.54, 1.807) is 0 Å². The van der Waals surface area contributed by atoms with Crippen LogP contribution >= 0.6 is 0 Å². The maximum atomic E-state index is 4.83. The largest absolute Gasteiger partial charge is 0.361 e. The number of fused-ring (bicyclic) bond motifs is 1. The van der Waals surface area contributed by atoms with Crippen LogP contribution in [0.2, 0.25) is 0 Å². The summed E-state index contributed by atoms with van der Waals surface area (Å²) >= 11 is 0. The molecule has 152 valence electrons. The van der Waals surface area contributed by atoms with Crippen molar-refractivity contribution in [2.75, 3.05) is 32.7 Å². The van der Waals surface area contributed by atoms with Crippen molar-refractivity contribution >= 4 is 16.9 Å². The van der Waals surface area contributed by atoms with Gasteiger partial charge in [0, 0.05) is 55.9 Å². The van der Waals surface area contributed by atoms with E-state index in [-0.39, 0.29) is 0 Å². The van der Waals surface area contributed by atoms with Crippen LogP contribution in [-0.4, -0.2) is 54.6 Å². The summed E-state index contributed by atoms with van der Waals surface area (Å²) in [4.78, 5) is 10.7. The fourth-order valence-corrected chi connectivity index (χ4v) is 3.99. The third-order valence-corrected chi connectivity index (χ3v) is 5.43. The molecule has 1 aliphatic rings. The van der Waals surface area contributed by atoms with Crippen molar-refractivity contribution in [3.05, 3.63) is 47.7 Å². The molecular weight excluding hydrogens is 346 g/mol. The minimum absolute atomic E-state index is 0.495. The highest BCUT2D eigenvalue weighted by Crippen LogP contribution is 2.21. The van der Waals surface area contributed by atoms with Crippen molar-refractivity contribution in [2.24, 2.45) is 4.99 Å². The number of piperidine rings is 1. The Kier molecular flexibility index (Phi) is 7.15. The molecule has 3 N–H and O–H groups in total. The maximum Gasteiger partial charge on any atom is 0.191 e. The molecule has 5 nitrogen and oxygen atoms in total. The Morgan fingerprint density at radius 3 is 2.82 bits per heavy atom. The molecule has 0 amide bonds. The number of benzene rings is 1. The second-order valence-corrected chi connectivity index (χ2v) is 7.97. The number of aryl methyl sites for hydroxylation is 1. The predicted molar refractivity (Wildman–Crippen MR) is 120 cm³/mol. The molecule has 0 spiro atoms. The van der Waals surface area contributed by atoms with Crippen LogP contribution in [0.15, 0.2) is 41.5 Å². The van der Waals surface area contributed by atoms with Gasteiger partial charge in [-0.15, -0.1) is 0 Å². The number of nitrogens with zero attached hydrogens (tertiary/aromatic N) is 2. The highest BCUT2D eigenvalue weighted by atomic mass is 15.2. The van der Waals surface area contributed by atoms with Gasteiger partial charge in [0.25, 0.3) is 0 Å².